The molecule has 0 saturated heterocycles. The standard InChI is InChI=1S/C14H15F3N2O2/c1-21-12-8-6-10(7-9-12)18-19(11-4-2-3-5-11)13(20)14(15,16)17/h4,6-9,18H,2-3,5H2,1H3. The second-order valence-corrected chi connectivity index (χ2v) is 4.57. The molecule has 1 N–H and O–H groups in total. The molecule has 0 atom stereocenters. The van der Waals surface area contributed by atoms with Gasteiger partial charge in [0.05, 0.1) is 12.8 Å². The molecule has 0 fully saturated rings. The van der Waals surface area contributed by atoms with E-state index in [1.54, 1.807) is 30.3 Å². The van der Waals surface area contributed by atoms with Crippen molar-refractivity contribution in [3.63, 3.8) is 0 Å². The van der Waals surface area contributed by atoms with E-state index >= 15 is 0 Å². The molecule has 0 aromatic heterocycles. The number of carbonyl (C=O) groups is 1. The van der Waals surface area contributed by atoms with Crippen LogP contribution < -0.4 is 10.2 Å². The number of nitrogens with zero attached hydrogens (tertiary/aromatic N) is 1. The Morgan fingerprint density at radius 1 is 1.29 bits per heavy atom. The number of allylic oxidation sites excluding steroid dienone is 2. The summed E-state index contributed by atoms with van der Waals surface area (Å²) in [6, 6.07) is 6.29. The van der Waals surface area contributed by atoms with E-state index in [1.165, 1.54) is 7.11 Å². The first-order valence-corrected chi connectivity index (χ1v) is 6.43. The number of ether oxygens (including phenoxy) is 1. The number of hydrogen-bond acceptors (Lipinski definition) is 3. The number of rotatable bonds is 4. The van der Waals surface area contributed by atoms with Crippen molar-refractivity contribution in [2.45, 2.75) is 25.4 Å². The molecule has 0 radical (unpaired) electrons. The highest BCUT2D eigenvalue weighted by molar-refractivity contribution is 5.84. The summed E-state index contributed by atoms with van der Waals surface area (Å²) in [5.41, 5.74) is 3.24. The molecule has 2 rings (SSSR count). The molecule has 1 aromatic carbocycles. The van der Waals surface area contributed by atoms with E-state index in [1.807, 2.05) is 0 Å². The van der Waals surface area contributed by atoms with E-state index in [4.69, 9.17) is 4.74 Å². The number of amides is 1. The summed E-state index contributed by atoms with van der Waals surface area (Å²) in [4.78, 5) is 11.6. The molecule has 0 aliphatic heterocycles. The van der Waals surface area contributed by atoms with Crippen LogP contribution in [0.15, 0.2) is 36.0 Å². The van der Waals surface area contributed by atoms with Crippen LogP contribution in [0.1, 0.15) is 19.3 Å². The summed E-state index contributed by atoms with van der Waals surface area (Å²) >= 11 is 0. The molecule has 114 valence electrons. The number of hydrazine groups is 1. The molecular weight excluding hydrogens is 285 g/mol. The molecule has 0 saturated carbocycles. The van der Waals surface area contributed by atoms with Crippen LogP contribution in [0, 0.1) is 0 Å². The van der Waals surface area contributed by atoms with Gasteiger partial charge < -0.3 is 4.74 Å². The molecule has 0 bridgehead atoms. The number of halogens is 3. The highest BCUT2D eigenvalue weighted by Crippen LogP contribution is 2.28. The number of alkyl halides is 3. The lowest BCUT2D eigenvalue weighted by Gasteiger charge is -2.26. The van der Waals surface area contributed by atoms with Gasteiger partial charge in [-0.1, -0.05) is 6.08 Å². The number of anilines is 1. The summed E-state index contributed by atoms with van der Waals surface area (Å²) < 4.78 is 43.1. The van der Waals surface area contributed by atoms with Crippen LogP contribution in [-0.2, 0) is 4.79 Å². The molecular formula is C14H15F3N2O2. The van der Waals surface area contributed by atoms with Gasteiger partial charge in [0.2, 0.25) is 0 Å². The molecule has 1 amide bonds. The van der Waals surface area contributed by atoms with Crippen LogP contribution in [0.3, 0.4) is 0 Å². The zero-order valence-electron chi connectivity index (χ0n) is 11.4. The fourth-order valence-electron chi connectivity index (χ4n) is 2.03. The van der Waals surface area contributed by atoms with Gasteiger partial charge in [-0.3, -0.25) is 10.2 Å². The van der Waals surface area contributed by atoms with Crippen molar-refractivity contribution < 1.29 is 22.7 Å². The maximum Gasteiger partial charge on any atom is 0.473 e. The predicted octanol–water partition coefficient (Wildman–Crippen LogP) is 3.48. The largest absolute Gasteiger partial charge is 0.497 e. The van der Waals surface area contributed by atoms with Crippen molar-refractivity contribution in [3.05, 3.63) is 36.0 Å². The summed E-state index contributed by atoms with van der Waals surface area (Å²) in [5.74, 6) is -1.35. The topological polar surface area (TPSA) is 41.6 Å². The fraction of sp³-hybridized carbons (Fsp3) is 0.357. The Kier molecular flexibility index (Phi) is 4.40. The van der Waals surface area contributed by atoms with E-state index in [-0.39, 0.29) is 0 Å². The van der Waals surface area contributed by atoms with Gasteiger partial charge in [0, 0.05) is 5.70 Å². The van der Waals surface area contributed by atoms with E-state index in [0.717, 1.165) is 6.42 Å². The number of hydrogen-bond donors (Lipinski definition) is 1. The van der Waals surface area contributed by atoms with Gasteiger partial charge in [-0.25, -0.2) is 5.01 Å². The highest BCUT2D eigenvalue weighted by Gasteiger charge is 2.44. The molecule has 0 spiro atoms. The van der Waals surface area contributed by atoms with Crippen molar-refractivity contribution in [1.82, 2.24) is 5.01 Å². The Bertz CT molecular complexity index is 538. The normalized spacial score (nSPS) is 14.6. The Morgan fingerprint density at radius 3 is 2.43 bits per heavy atom. The predicted molar refractivity (Wildman–Crippen MR) is 71.5 cm³/mol. The maximum absolute atomic E-state index is 12.7. The molecule has 21 heavy (non-hydrogen) atoms. The van der Waals surface area contributed by atoms with Crippen molar-refractivity contribution in [2.75, 3.05) is 12.5 Å². The first-order valence-electron chi connectivity index (χ1n) is 6.43. The molecule has 0 heterocycles. The average Bonchev–Trinajstić information content (AvgIpc) is 2.97. The third-order valence-corrected chi connectivity index (χ3v) is 3.08. The number of benzene rings is 1. The van der Waals surface area contributed by atoms with Crippen LogP contribution in [0.25, 0.3) is 0 Å². The molecule has 1 aliphatic rings. The first-order chi connectivity index (χ1) is 9.91. The molecule has 7 heteroatoms. The highest BCUT2D eigenvalue weighted by atomic mass is 19.4. The van der Waals surface area contributed by atoms with Gasteiger partial charge in [0.25, 0.3) is 0 Å². The lowest BCUT2D eigenvalue weighted by Crippen LogP contribution is -2.43. The Labute approximate surface area is 120 Å². The van der Waals surface area contributed by atoms with Crippen molar-refractivity contribution in [3.8, 4) is 5.75 Å². The number of carbonyl (C=O) groups excluding carboxylic acids is 1. The van der Waals surface area contributed by atoms with Gasteiger partial charge in [-0.2, -0.15) is 13.2 Å². The third kappa shape index (κ3) is 3.68. The monoisotopic (exact) mass is 300 g/mol. The van der Waals surface area contributed by atoms with Crippen LogP contribution >= 0.6 is 0 Å². The quantitative estimate of drug-likeness (QED) is 0.866. The van der Waals surface area contributed by atoms with E-state index in [2.05, 4.69) is 5.43 Å². The average molecular weight is 300 g/mol. The van der Waals surface area contributed by atoms with Crippen LogP contribution in [0.4, 0.5) is 18.9 Å². The third-order valence-electron chi connectivity index (χ3n) is 3.08. The van der Waals surface area contributed by atoms with E-state index < -0.39 is 12.1 Å². The van der Waals surface area contributed by atoms with Crippen molar-refractivity contribution in [1.29, 1.82) is 0 Å². The minimum atomic E-state index is -4.93. The lowest BCUT2D eigenvalue weighted by molar-refractivity contribution is -0.182. The van der Waals surface area contributed by atoms with E-state index in [9.17, 15) is 18.0 Å². The number of methoxy groups -OCH3 is 1. The Balaban J connectivity index is 2.21. The second kappa shape index (κ2) is 6.07. The molecule has 4 nitrogen and oxygen atoms in total. The molecule has 1 aliphatic carbocycles. The Hall–Kier alpha value is -2.18. The summed E-state index contributed by atoms with van der Waals surface area (Å²) in [5, 5.41) is 0.578. The van der Waals surface area contributed by atoms with Gasteiger partial charge in [0.1, 0.15) is 5.75 Å². The first kappa shape index (κ1) is 15.2. The molecule has 1 aromatic rings. The van der Waals surface area contributed by atoms with Gasteiger partial charge in [0.15, 0.2) is 0 Å². The summed E-state index contributed by atoms with van der Waals surface area (Å²) in [6.45, 7) is 0. The van der Waals surface area contributed by atoms with Gasteiger partial charge in [-0.05, 0) is 43.5 Å². The van der Waals surface area contributed by atoms with Crippen molar-refractivity contribution in [2.24, 2.45) is 0 Å². The summed E-state index contributed by atoms with van der Waals surface area (Å²) in [7, 11) is 1.49. The minimum absolute atomic E-state index is 0.341. The fourth-order valence-corrected chi connectivity index (χ4v) is 2.03. The zero-order chi connectivity index (χ0) is 15.5. The van der Waals surface area contributed by atoms with E-state index in [0.29, 0.717) is 35.0 Å². The SMILES string of the molecule is COc1ccc(NN(C(=O)C(F)(F)F)C2=CCCC2)cc1. The van der Waals surface area contributed by atoms with Gasteiger partial charge >= 0.3 is 12.1 Å². The lowest BCUT2D eigenvalue weighted by atomic mass is 10.3. The van der Waals surface area contributed by atoms with Crippen LogP contribution in [0.2, 0.25) is 0 Å². The van der Waals surface area contributed by atoms with Crippen LogP contribution in [-0.4, -0.2) is 24.2 Å². The van der Waals surface area contributed by atoms with Gasteiger partial charge in [-0.15, -0.1) is 0 Å². The summed E-state index contributed by atoms with van der Waals surface area (Å²) in [6.07, 6.45) is -1.45. The van der Waals surface area contributed by atoms with Crippen molar-refractivity contribution >= 4 is 11.6 Å². The minimum Gasteiger partial charge on any atom is -0.497 e. The second-order valence-electron chi connectivity index (χ2n) is 4.57. The smallest absolute Gasteiger partial charge is 0.473 e. The molecule has 0 unspecified atom stereocenters. The maximum atomic E-state index is 12.7. The Morgan fingerprint density at radius 2 is 1.95 bits per heavy atom. The zero-order valence-corrected chi connectivity index (χ0v) is 11.4. The number of nitrogens with one attached hydrogen (secondary N) is 1. The van der Waals surface area contributed by atoms with Crippen LogP contribution in [0.5, 0.6) is 5.75 Å².